The van der Waals surface area contributed by atoms with Gasteiger partial charge in [0.25, 0.3) is 0 Å². The van der Waals surface area contributed by atoms with Crippen molar-refractivity contribution in [2.75, 3.05) is 25.1 Å². The van der Waals surface area contributed by atoms with E-state index in [1.165, 1.54) is 0 Å². The summed E-state index contributed by atoms with van der Waals surface area (Å²) in [5.74, 6) is 1.91. The highest BCUT2D eigenvalue weighted by Crippen LogP contribution is 2.33. The van der Waals surface area contributed by atoms with Crippen LogP contribution in [-0.4, -0.2) is 39.7 Å². The van der Waals surface area contributed by atoms with E-state index < -0.39 is 0 Å². The molecule has 4 heterocycles. The number of aromatic nitrogens is 4. The largest absolute Gasteiger partial charge is 0.480 e. The van der Waals surface area contributed by atoms with Gasteiger partial charge in [-0.25, -0.2) is 15.0 Å². The molecule has 4 rings (SSSR count). The van der Waals surface area contributed by atoms with Crippen LogP contribution in [0.1, 0.15) is 35.8 Å². The van der Waals surface area contributed by atoms with Gasteiger partial charge in [-0.15, -0.1) is 11.3 Å². The summed E-state index contributed by atoms with van der Waals surface area (Å²) in [4.78, 5) is 15.4. The fraction of sp³-hybridized carbons (Fsp3) is 0.368. The fourth-order valence-electron chi connectivity index (χ4n) is 3.64. The zero-order chi connectivity index (χ0) is 18.6. The van der Waals surface area contributed by atoms with Gasteiger partial charge in [0, 0.05) is 43.0 Å². The molecule has 8 heteroatoms. The van der Waals surface area contributed by atoms with E-state index in [2.05, 4.69) is 35.9 Å². The Morgan fingerprint density at radius 2 is 2.11 bits per heavy atom. The second kappa shape index (κ2) is 7.76. The Balaban J connectivity index is 1.48. The van der Waals surface area contributed by atoms with Gasteiger partial charge in [-0.05, 0) is 18.9 Å². The standard InChI is InChI=1S/C19H20N6OS/c1-26-19-16(10-20)17(2-5-22-19)24-7-3-14(4-8-24)18-21-6-9-25(18)11-15-12-27-13-23-15/h2,5-6,9,12-14H,3-4,7-8,11H2,1H3. The van der Waals surface area contributed by atoms with E-state index >= 15 is 0 Å². The number of hydrogen-bond acceptors (Lipinski definition) is 7. The number of hydrogen-bond donors (Lipinski definition) is 0. The molecule has 0 atom stereocenters. The van der Waals surface area contributed by atoms with E-state index in [-0.39, 0.29) is 0 Å². The normalized spacial score (nSPS) is 14.9. The van der Waals surface area contributed by atoms with Crippen LogP contribution in [0, 0.1) is 11.3 Å². The van der Waals surface area contributed by atoms with Crippen molar-refractivity contribution in [3.05, 3.63) is 52.6 Å². The molecule has 1 saturated heterocycles. The Labute approximate surface area is 161 Å². The van der Waals surface area contributed by atoms with E-state index in [0.29, 0.717) is 17.4 Å². The van der Waals surface area contributed by atoms with E-state index in [1.807, 2.05) is 24.0 Å². The average molecular weight is 380 g/mol. The number of nitriles is 1. The SMILES string of the molecule is COc1nccc(N2CCC(c3nccn3Cc3cscn3)CC2)c1C#N. The van der Waals surface area contributed by atoms with Crippen molar-refractivity contribution >= 4 is 17.0 Å². The molecule has 0 aromatic carbocycles. The molecule has 1 fully saturated rings. The molecule has 0 N–H and O–H groups in total. The minimum absolute atomic E-state index is 0.385. The van der Waals surface area contributed by atoms with Gasteiger partial charge >= 0.3 is 0 Å². The predicted molar refractivity (Wildman–Crippen MR) is 103 cm³/mol. The first-order valence-electron chi connectivity index (χ1n) is 8.86. The molecule has 0 radical (unpaired) electrons. The summed E-state index contributed by atoms with van der Waals surface area (Å²) < 4.78 is 7.43. The number of imidazole rings is 1. The van der Waals surface area contributed by atoms with E-state index in [0.717, 1.165) is 49.7 Å². The highest BCUT2D eigenvalue weighted by Gasteiger charge is 2.26. The topological polar surface area (TPSA) is 79.9 Å². The second-order valence-electron chi connectivity index (χ2n) is 6.48. The van der Waals surface area contributed by atoms with Gasteiger partial charge in [-0.3, -0.25) is 0 Å². The van der Waals surface area contributed by atoms with Gasteiger partial charge in [0.2, 0.25) is 5.88 Å². The molecule has 1 aliphatic heterocycles. The quantitative estimate of drug-likeness (QED) is 0.677. The summed E-state index contributed by atoms with van der Waals surface area (Å²) in [5.41, 5.74) is 4.33. The zero-order valence-corrected chi connectivity index (χ0v) is 15.9. The smallest absolute Gasteiger partial charge is 0.233 e. The van der Waals surface area contributed by atoms with Crippen molar-refractivity contribution in [1.29, 1.82) is 5.26 Å². The van der Waals surface area contributed by atoms with Gasteiger partial charge in [-0.2, -0.15) is 5.26 Å². The third kappa shape index (κ3) is 3.51. The van der Waals surface area contributed by atoms with Crippen LogP contribution in [0.15, 0.2) is 35.5 Å². The van der Waals surface area contributed by atoms with Crippen molar-refractivity contribution in [2.24, 2.45) is 0 Å². The third-order valence-electron chi connectivity index (χ3n) is 4.96. The minimum Gasteiger partial charge on any atom is -0.480 e. The van der Waals surface area contributed by atoms with Crippen molar-refractivity contribution in [1.82, 2.24) is 19.5 Å². The Bertz CT molecular complexity index is 938. The molecular formula is C19H20N6OS. The molecule has 7 nitrogen and oxygen atoms in total. The monoisotopic (exact) mass is 380 g/mol. The zero-order valence-electron chi connectivity index (χ0n) is 15.1. The number of nitrogens with zero attached hydrogens (tertiary/aromatic N) is 6. The summed E-state index contributed by atoms with van der Waals surface area (Å²) in [5, 5.41) is 11.6. The molecule has 138 valence electrons. The van der Waals surface area contributed by atoms with Crippen LogP contribution in [-0.2, 0) is 6.54 Å². The van der Waals surface area contributed by atoms with E-state index in [1.54, 1.807) is 24.6 Å². The minimum atomic E-state index is 0.385. The van der Waals surface area contributed by atoms with E-state index in [4.69, 9.17) is 4.74 Å². The Hall–Kier alpha value is -2.92. The lowest BCUT2D eigenvalue weighted by Crippen LogP contribution is -2.34. The average Bonchev–Trinajstić information content (AvgIpc) is 3.40. The molecule has 27 heavy (non-hydrogen) atoms. The molecule has 0 aliphatic carbocycles. The summed E-state index contributed by atoms with van der Waals surface area (Å²) in [6.45, 7) is 2.51. The van der Waals surface area contributed by atoms with Gasteiger partial charge in [-0.1, -0.05) is 0 Å². The van der Waals surface area contributed by atoms with Crippen LogP contribution in [0.4, 0.5) is 5.69 Å². The molecule has 0 bridgehead atoms. The third-order valence-corrected chi connectivity index (χ3v) is 5.60. The van der Waals surface area contributed by atoms with Crippen LogP contribution in [0.3, 0.4) is 0 Å². The Morgan fingerprint density at radius 1 is 1.26 bits per heavy atom. The van der Waals surface area contributed by atoms with Crippen molar-refractivity contribution in [2.45, 2.75) is 25.3 Å². The molecule has 0 saturated carbocycles. The number of methoxy groups -OCH3 is 1. The maximum atomic E-state index is 9.51. The summed E-state index contributed by atoms with van der Waals surface area (Å²) in [7, 11) is 1.54. The molecule has 3 aromatic rings. The lowest BCUT2D eigenvalue weighted by atomic mass is 9.95. The van der Waals surface area contributed by atoms with Crippen molar-refractivity contribution in [3.63, 3.8) is 0 Å². The van der Waals surface area contributed by atoms with Gasteiger partial charge in [0.1, 0.15) is 17.5 Å². The molecule has 3 aromatic heterocycles. The number of rotatable bonds is 5. The molecular weight excluding hydrogens is 360 g/mol. The first kappa shape index (κ1) is 17.5. The van der Waals surface area contributed by atoms with Crippen LogP contribution in [0.5, 0.6) is 5.88 Å². The second-order valence-corrected chi connectivity index (χ2v) is 7.20. The van der Waals surface area contributed by atoms with Crippen LogP contribution in [0.2, 0.25) is 0 Å². The first-order chi connectivity index (χ1) is 13.3. The highest BCUT2D eigenvalue weighted by atomic mass is 32.1. The Morgan fingerprint density at radius 3 is 2.81 bits per heavy atom. The van der Waals surface area contributed by atoms with Crippen molar-refractivity contribution < 1.29 is 4.74 Å². The number of piperidine rings is 1. The maximum absolute atomic E-state index is 9.51. The number of anilines is 1. The van der Waals surface area contributed by atoms with Gasteiger partial charge < -0.3 is 14.2 Å². The van der Waals surface area contributed by atoms with Crippen LogP contribution >= 0.6 is 11.3 Å². The highest BCUT2D eigenvalue weighted by molar-refractivity contribution is 7.07. The van der Waals surface area contributed by atoms with Crippen LogP contribution in [0.25, 0.3) is 0 Å². The van der Waals surface area contributed by atoms with E-state index in [9.17, 15) is 5.26 Å². The van der Waals surface area contributed by atoms with Crippen molar-refractivity contribution in [3.8, 4) is 11.9 Å². The lowest BCUT2D eigenvalue weighted by molar-refractivity contribution is 0.396. The fourth-order valence-corrected chi connectivity index (χ4v) is 4.19. The van der Waals surface area contributed by atoms with Gasteiger partial charge in [0.05, 0.1) is 30.5 Å². The molecule has 0 spiro atoms. The summed E-state index contributed by atoms with van der Waals surface area (Å²) in [6, 6.07) is 4.13. The number of thiazole rings is 1. The molecule has 0 unspecified atom stereocenters. The predicted octanol–water partition coefficient (Wildman–Crippen LogP) is 3.05. The van der Waals surface area contributed by atoms with Crippen LogP contribution < -0.4 is 9.64 Å². The number of ether oxygens (including phenoxy) is 1. The number of pyridine rings is 1. The molecule has 0 amide bonds. The Kier molecular flexibility index (Phi) is 5.03. The lowest BCUT2D eigenvalue weighted by Gasteiger charge is -2.34. The summed E-state index contributed by atoms with van der Waals surface area (Å²) in [6.07, 6.45) is 7.58. The first-order valence-corrected chi connectivity index (χ1v) is 9.80. The maximum Gasteiger partial charge on any atom is 0.233 e. The van der Waals surface area contributed by atoms with Gasteiger partial charge in [0.15, 0.2) is 0 Å². The summed E-state index contributed by atoms with van der Waals surface area (Å²) >= 11 is 1.61. The molecule has 1 aliphatic rings.